The fourth-order valence-corrected chi connectivity index (χ4v) is 1.62. The van der Waals surface area contributed by atoms with E-state index in [2.05, 4.69) is 11.7 Å². The van der Waals surface area contributed by atoms with Crippen LogP contribution in [0, 0.1) is 0 Å². The Labute approximate surface area is 57.6 Å². The lowest BCUT2D eigenvalue weighted by molar-refractivity contribution is -0.123. The Bertz CT molecular complexity index is 106. The number of amides is 1. The van der Waals surface area contributed by atoms with Gasteiger partial charge in [0.05, 0.1) is 0 Å². The first-order valence-electron chi connectivity index (χ1n) is 2.46. The Morgan fingerprint density at radius 2 is 2.50 bits per heavy atom. The van der Waals surface area contributed by atoms with Gasteiger partial charge in [0.25, 0.3) is 0 Å². The van der Waals surface area contributed by atoms with Gasteiger partial charge in [-0.3, -0.25) is 9.10 Å². The van der Waals surface area contributed by atoms with E-state index in [0.29, 0.717) is 6.42 Å². The SMILES string of the molecule is O=C1CCCN1SS. The molecular formula is C4H7NOS2. The van der Waals surface area contributed by atoms with Gasteiger partial charge in [-0.05, 0) is 6.42 Å². The van der Waals surface area contributed by atoms with Crippen molar-refractivity contribution in [3.63, 3.8) is 0 Å². The summed E-state index contributed by atoms with van der Waals surface area (Å²) < 4.78 is 1.67. The van der Waals surface area contributed by atoms with Gasteiger partial charge < -0.3 is 0 Å². The number of hydrogen-bond acceptors (Lipinski definition) is 3. The van der Waals surface area contributed by atoms with E-state index in [4.69, 9.17) is 0 Å². The van der Waals surface area contributed by atoms with Gasteiger partial charge in [-0.2, -0.15) is 0 Å². The van der Waals surface area contributed by atoms with Crippen LogP contribution in [0.4, 0.5) is 0 Å². The summed E-state index contributed by atoms with van der Waals surface area (Å²) in [6.07, 6.45) is 1.69. The molecule has 1 heterocycles. The van der Waals surface area contributed by atoms with Crippen molar-refractivity contribution in [2.45, 2.75) is 12.8 Å². The second kappa shape index (κ2) is 2.64. The van der Waals surface area contributed by atoms with Crippen LogP contribution in [0.15, 0.2) is 0 Å². The number of hydrogen-bond donors (Lipinski definition) is 1. The Morgan fingerprint density at radius 3 is 2.75 bits per heavy atom. The molecule has 1 saturated heterocycles. The second-order valence-electron chi connectivity index (χ2n) is 1.68. The molecule has 0 radical (unpaired) electrons. The lowest BCUT2D eigenvalue weighted by Gasteiger charge is -2.06. The molecule has 1 fully saturated rings. The van der Waals surface area contributed by atoms with Crippen molar-refractivity contribution in [3.05, 3.63) is 0 Å². The molecule has 4 heteroatoms. The lowest BCUT2D eigenvalue weighted by Crippen LogP contribution is -2.13. The summed E-state index contributed by atoms with van der Waals surface area (Å²) in [7, 11) is 1.22. The van der Waals surface area contributed by atoms with Gasteiger partial charge in [-0.25, -0.2) is 0 Å². The molecule has 0 unspecified atom stereocenters. The summed E-state index contributed by atoms with van der Waals surface area (Å²) in [4.78, 5) is 10.7. The smallest absolute Gasteiger partial charge is 0.233 e. The summed E-state index contributed by atoms with van der Waals surface area (Å²) in [6.45, 7) is 0.868. The van der Waals surface area contributed by atoms with Crippen molar-refractivity contribution in [1.29, 1.82) is 0 Å². The van der Waals surface area contributed by atoms with E-state index in [-0.39, 0.29) is 5.91 Å². The van der Waals surface area contributed by atoms with E-state index in [1.54, 1.807) is 4.31 Å². The van der Waals surface area contributed by atoms with Crippen LogP contribution in [-0.4, -0.2) is 16.8 Å². The van der Waals surface area contributed by atoms with Crippen LogP contribution in [0.2, 0.25) is 0 Å². The van der Waals surface area contributed by atoms with E-state index in [1.165, 1.54) is 11.0 Å². The van der Waals surface area contributed by atoms with Crippen molar-refractivity contribution in [2.75, 3.05) is 6.54 Å². The van der Waals surface area contributed by atoms with E-state index in [1.807, 2.05) is 0 Å². The van der Waals surface area contributed by atoms with Crippen LogP contribution in [0.3, 0.4) is 0 Å². The van der Waals surface area contributed by atoms with Crippen LogP contribution in [0.1, 0.15) is 12.8 Å². The number of carbonyl (C=O) groups is 1. The predicted octanol–water partition coefficient (Wildman–Crippen LogP) is 1.10. The van der Waals surface area contributed by atoms with Gasteiger partial charge in [0.15, 0.2) is 0 Å². The van der Waals surface area contributed by atoms with E-state index in [9.17, 15) is 4.79 Å². The normalized spacial score (nSPS) is 20.1. The summed E-state index contributed by atoms with van der Waals surface area (Å²) >= 11 is 3.90. The Kier molecular flexibility index (Phi) is 2.08. The molecule has 2 nitrogen and oxygen atoms in total. The van der Waals surface area contributed by atoms with Crippen LogP contribution in [0.5, 0.6) is 0 Å². The Balaban J connectivity index is 2.42. The highest BCUT2D eigenvalue weighted by Crippen LogP contribution is 2.21. The monoisotopic (exact) mass is 149 g/mol. The molecule has 0 atom stereocenters. The van der Waals surface area contributed by atoms with Gasteiger partial charge >= 0.3 is 0 Å². The fraction of sp³-hybridized carbons (Fsp3) is 0.750. The van der Waals surface area contributed by atoms with Gasteiger partial charge in [0, 0.05) is 23.9 Å². The van der Waals surface area contributed by atoms with E-state index in [0.717, 1.165) is 13.0 Å². The third-order valence-electron chi connectivity index (χ3n) is 1.13. The molecule has 1 aliphatic heterocycles. The number of rotatable bonds is 1. The van der Waals surface area contributed by atoms with Crippen molar-refractivity contribution >= 4 is 28.5 Å². The molecule has 0 aliphatic carbocycles. The fourth-order valence-electron chi connectivity index (χ4n) is 0.710. The van der Waals surface area contributed by atoms with Crippen molar-refractivity contribution < 1.29 is 4.79 Å². The molecule has 0 N–H and O–H groups in total. The van der Waals surface area contributed by atoms with Crippen molar-refractivity contribution in [3.8, 4) is 0 Å². The molecule has 0 bridgehead atoms. The molecule has 1 aliphatic rings. The van der Waals surface area contributed by atoms with Crippen LogP contribution >= 0.6 is 22.6 Å². The number of nitrogens with zero attached hydrogens (tertiary/aromatic N) is 1. The first-order valence-corrected chi connectivity index (χ1v) is 4.29. The summed E-state index contributed by atoms with van der Waals surface area (Å²) in [6, 6.07) is 0. The third kappa shape index (κ3) is 1.11. The Hall–Kier alpha value is 0.170. The maximum absolute atomic E-state index is 10.7. The minimum absolute atomic E-state index is 0.213. The molecular weight excluding hydrogens is 142 g/mol. The van der Waals surface area contributed by atoms with Crippen molar-refractivity contribution in [1.82, 2.24) is 4.31 Å². The van der Waals surface area contributed by atoms with Gasteiger partial charge in [0.2, 0.25) is 5.91 Å². The molecule has 0 aromatic rings. The quantitative estimate of drug-likeness (QED) is 0.342. The van der Waals surface area contributed by atoms with Gasteiger partial charge in [0.1, 0.15) is 0 Å². The third-order valence-corrected chi connectivity index (χ3v) is 2.30. The first-order chi connectivity index (χ1) is 3.84. The molecule has 0 aromatic heterocycles. The maximum Gasteiger partial charge on any atom is 0.233 e. The topological polar surface area (TPSA) is 20.3 Å². The van der Waals surface area contributed by atoms with Gasteiger partial charge in [-0.1, -0.05) is 11.7 Å². The average Bonchev–Trinajstić information content (AvgIpc) is 2.14. The molecule has 46 valence electrons. The first kappa shape index (κ1) is 6.29. The zero-order chi connectivity index (χ0) is 5.98. The average molecular weight is 149 g/mol. The molecule has 8 heavy (non-hydrogen) atoms. The maximum atomic E-state index is 10.7. The molecule has 1 amide bonds. The highest BCUT2D eigenvalue weighted by atomic mass is 33.1. The van der Waals surface area contributed by atoms with E-state index >= 15 is 0 Å². The van der Waals surface area contributed by atoms with Crippen LogP contribution < -0.4 is 0 Å². The molecule has 1 rings (SSSR count). The number of carbonyl (C=O) groups excluding carboxylic acids is 1. The summed E-state index contributed by atoms with van der Waals surface area (Å²) in [5, 5.41) is 0. The minimum Gasteiger partial charge on any atom is -0.277 e. The molecule has 0 saturated carbocycles. The van der Waals surface area contributed by atoms with Crippen molar-refractivity contribution in [2.24, 2.45) is 0 Å². The second-order valence-corrected chi connectivity index (χ2v) is 2.78. The van der Waals surface area contributed by atoms with E-state index < -0.39 is 0 Å². The van der Waals surface area contributed by atoms with Crippen LogP contribution in [0.25, 0.3) is 0 Å². The predicted molar refractivity (Wildman–Crippen MR) is 37.5 cm³/mol. The summed E-state index contributed by atoms with van der Waals surface area (Å²) in [5.74, 6) is 0.213. The minimum atomic E-state index is 0.213. The number of thiol groups is 1. The highest BCUT2D eigenvalue weighted by Gasteiger charge is 2.18. The zero-order valence-electron chi connectivity index (χ0n) is 4.33. The Morgan fingerprint density at radius 1 is 1.75 bits per heavy atom. The van der Waals surface area contributed by atoms with Crippen LogP contribution in [-0.2, 0) is 4.79 Å². The largest absolute Gasteiger partial charge is 0.277 e. The highest BCUT2D eigenvalue weighted by molar-refractivity contribution is 8.67. The van der Waals surface area contributed by atoms with Gasteiger partial charge in [-0.15, -0.1) is 0 Å². The standard InChI is InChI=1S/C4H7NOS2/c6-4-2-1-3-5(4)8-7/h7H,1-3H2. The summed E-state index contributed by atoms with van der Waals surface area (Å²) in [5.41, 5.74) is 0. The molecule has 0 aromatic carbocycles. The lowest BCUT2D eigenvalue weighted by atomic mass is 10.4. The molecule has 0 spiro atoms. The zero-order valence-corrected chi connectivity index (χ0v) is 6.04.